The summed E-state index contributed by atoms with van der Waals surface area (Å²) in [6.45, 7) is 5.86. The van der Waals surface area contributed by atoms with Gasteiger partial charge in [0, 0.05) is 13.1 Å². The van der Waals surface area contributed by atoms with E-state index in [1.54, 1.807) is 0 Å². The van der Waals surface area contributed by atoms with Gasteiger partial charge >= 0.3 is 11.9 Å². The van der Waals surface area contributed by atoms with E-state index in [-0.39, 0.29) is 17.5 Å². The predicted molar refractivity (Wildman–Crippen MR) is 93.6 cm³/mol. The van der Waals surface area contributed by atoms with E-state index in [0.29, 0.717) is 17.8 Å². The Hall–Kier alpha value is -2.38. The summed E-state index contributed by atoms with van der Waals surface area (Å²) in [4.78, 5) is 34.3. The fourth-order valence-electron chi connectivity index (χ4n) is 3.50. The van der Waals surface area contributed by atoms with Crippen LogP contribution in [-0.4, -0.2) is 34.1 Å². The van der Waals surface area contributed by atoms with Crippen molar-refractivity contribution in [2.24, 2.45) is 24.8 Å². The molecular weight excluding hydrogens is 340 g/mol. The van der Waals surface area contributed by atoms with E-state index in [4.69, 9.17) is 9.47 Å². The molecule has 1 aliphatic rings. The number of hydrogen-bond donors (Lipinski definition) is 0. The minimum absolute atomic E-state index is 0.0100. The molecule has 0 radical (unpaired) electrons. The highest BCUT2D eigenvalue weighted by Gasteiger charge is 2.33. The molecule has 26 heavy (non-hydrogen) atoms. The van der Waals surface area contributed by atoms with Crippen molar-refractivity contribution < 1.29 is 24.0 Å². The van der Waals surface area contributed by atoms with Crippen molar-refractivity contribution in [1.82, 2.24) is 4.57 Å². The lowest BCUT2D eigenvalue weighted by atomic mass is 9.75. The highest BCUT2D eigenvalue weighted by Crippen LogP contribution is 2.35. The maximum Gasteiger partial charge on any atom is 0.355 e. The SMILES string of the molecule is CC1CCC(C(C)C)C(OC(=O)COC(=O)c2cc([N+](=O)[O-])cn2C)C1. The van der Waals surface area contributed by atoms with Gasteiger partial charge in [-0.3, -0.25) is 10.1 Å². The Morgan fingerprint density at radius 2 is 2.08 bits per heavy atom. The first-order valence-electron chi connectivity index (χ1n) is 8.86. The van der Waals surface area contributed by atoms with E-state index in [0.717, 1.165) is 25.3 Å². The molecule has 8 heteroatoms. The first-order valence-corrected chi connectivity index (χ1v) is 8.86. The highest BCUT2D eigenvalue weighted by atomic mass is 16.6. The third-order valence-corrected chi connectivity index (χ3v) is 4.98. The van der Waals surface area contributed by atoms with Crippen LogP contribution >= 0.6 is 0 Å². The van der Waals surface area contributed by atoms with Crippen LogP contribution in [0.4, 0.5) is 5.69 Å². The van der Waals surface area contributed by atoms with Gasteiger partial charge in [0.05, 0.1) is 11.1 Å². The Morgan fingerprint density at radius 1 is 1.38 bits per heavy atom. The number of ether oxygens (including phenoxy) is 2. The molecule has 1 aromatic rings. The second-order valence-electron chi connectivity index (χ2n) is 7.38. The van der Waals surface area contributed by atoms with Crippen LogP contribution in [0.15, 0.2) is 12.3 Å². The summed E-state index contributed by atoms with van der Waals surface area (Å²) in [5.41, 5.74) is -0.200. The molecule has 0 aromatic carbocycles. The Kier molecular flexibility index (Phi) is 6.39. The van der Waals surface area contributed by atoms with Gasteiger partial charge in [0.15, 0.2) is 6.61 Å². The first kappa shape index (κ1) is 19.9. The number of nitro groups is 1. The molecule has 2 rings (SSSR count). The second-order valence-corrected chi connectivity index (χ2v) is 7.38. The van der Waals surface area contributed by atoms with Crippen molar-refractivity contribution in [3.8, 4) is 0 Å². The van der Waals surface area contributed by atoms with Gasteiger partial charge in [-0.15, -0.1) is 0 Å². The van der Waals surface area contributed by atoms with Gasteiger partial charge in [0.1, 0.15) is 11.8 Å². The van der Waals surface area contributed by atoms with Crippen molar-refractivity contribution >= 4 is 17.6 Å². The minimum Gasteiger partial charge on any atom is -0.460 e. The van der Waals surface area contributed by atoms with Gasteiger partial charge in [0.25, 0.3) is 5.69 Å². The Labute approximate surface area is 152 Å². The van der Waals surface area contributed by atoms with E-state index in [2.05, 4.69) is 20.8 Å². The summed E-state index contributed by atoms with van der Waals surface area (Å²) in [5.74, 6) is -0.177. The molecule has 1 heterocycles. The highest BCUT2D eigenvalue weighted by molar-refractivity contribution is 5.90. The van der Waals surface area contributed by atoms with Crippen molar-refractivity contribution in [3.63, 3.8) is 0 Å². The maximum absolute atomic E-state index is 12.1. The van der Waals surface area contributed by atoms with Gasteiger partial charge in [0.2, 0.25) is 0 Å². The summed E-state index contributed by atoms with van der Waals surface area (Å²) in [6, 6.07) is 1.12. The lowest BCUT2D eigenvalue weighted by molar-refractivity contribution is -0.384. The molecule has 0 N–H and O–H groups in total. The largest absolute Gasteiger partial charge is 0.460 e. The number of rotatable bonds is 6. The normalized spacial score (nSPS) is 22.9. The topological polar surface area (TPSA) is 101 Å². The molecule has 1 saturated carbocycles. The number of esters is 2. The zero-order valence-corrected chi connectivity index (χ0v) is 15.6. The van der Waals surface area contributed by atoms with Gasteiger partial charge in [-0.1, -0.05) is 27.2 Å². The molecule has 1 aromatic heterocycles. The molecule has 0 aliphatic heterocycles. The van der Waals surface area contributed by atoms with Crippen molar-refractivity contribution in [2.45, 2.75) is 46.1 Å². The molecule has 1 fully saturated rings. The van der Waals surface area contributed by atoms with Gasteiger partial charge in [-0.2, -0.15) is 0 Å². The summed E-state index contributed by atoms with van der Waals surface area (Å²) < 4.78 is 11.8. The predicted octanol–water partition coefficient (Wildman–Crippen LogP) is 3.09. The fraction of sp³-hybridized carbons (Fsp3) is 0.667. The third kappa shape index (κ3) is 4.83. The van der Waals surface area contributed by atoms with E-state index in [1.807, 2.05) is 0 Å². The average molecular weight is 366 g/mol. The van der Waals surface area contributed by atoms with E-state index < -0.39 is 23.5 Å². The van der Waals surface area contributed by atoms with E-state index in [9.17, 15) is 19.7 Å². The second kappa shape index (κ2) is 8.33. The van der Waals surface area contributed by atoms with Crippen LogP contribution in [0.5, 0.6) is 0 Å². The van der Waals surface area contributed by atoms with Crippen LogP contribution in [0.1, 0.15) is 50.5 Å². The van der Waals surface area contributed by atoms with E-state index in [1.165, 1.54) is 17.8 Å². The van der Waals surface area contributed by atoms with Crippen LogP contribution < -0.4 is 0 Å². The number of aromatic nitrogens is 1. The Morgan fingerprint density at radius 3 is 2.65 bits per heavy atom. The van der Waals surface area contributed by atoms with Crippen molar-refractivity contribution in [2.75, 3.05) is 6.61 Å². The molecule has 144 valence electrons. The number of carbonyl (C=O) groups is 2. The molecule has 0 saturated heterocycles. The van der Waals surface area contributed by atoms with Gasteiger partial charge in [-0.25, -0.2) is 9.59 Å². The lowest BCUT2D eigenvalue weighted by Gasteiger charge is -2.36. The van der Waals surface area contributed by atoms with Crippen LogP contribution in [-0.2, 0) is 21.3 Å². The number of carbonyl (C=O) groups excluding carboxylic acids is 2. The van der Waals surface area contributed by atoms with Crippen LogP contribution in [0.2, 0.25) is 0 Å². The minimum atomic E-state index is -0.796. The Balaban J connectivity index is 1.91. The monoisotopic (exact) mass is 366 g/mol. The molecule has 3 atom stereocenters. The van der Waals surface area contributed by atoms with Crippen molar-refractivity contribution in [3.05, 3.63) is 28.1 Å². The third-order valence-electron chi connectivity index (χ3n) is 4.98. The standard InChI is InChI=1S/C18H26N2O6/c1-11(2)14-6-5-12(3)7-16(14)26-17(21)10-25-18(22)15-8-13(20(23)24)9-19(15)4/h8-9,11-12,14,16H,5-7,10H2,1-4H3. The van der Waals surface area contributed by atoms with Crippen LogP contribution in [0.25, 0.3) is 0 Å². The zero-order valence-electron chi connectivity index (χ0n) is 15.6. The maximum atomic E-state index is 12.1. The molecule has 0 amide bonds. The zero-order chi connectivity index (χ0) is 19.4. The average Bonchev–Trinajstić information content (AvgIpc) is 2.94. The fourth-order valence-corrected chi connectivity index (χ4v) is 3.50. The number of hydrogen-bond acceptors (Lipinski definition) is 6. The van der Waals surface area contributed by atoms with Crippen LogP contribution in [0.3, 0.4) is 0 Å². The van der Waals surface area contributed by atoms with Gasteiger partial charge < -0.3 is 14.0 Å². The summed E-state index contributed by atoms with van der Waals surface area (Å²) >= 11 is 0. The quantitative estimate of drug-likeness (QED) is 0.436. The van der Waals surface area contributed by atoms with E-state index >= 15 is 0 Å². The molecule has 3 unspecified atom stereocenters. The molecule has 1 aliphatic carbocycles. The Bertz CT molecular complexity index is 681. The first-order chi connectivity index (χ1) is 12.2. The lowest BCUT2D eigenvalue weighted by Crippen LogP contribution is -2.36. The molecule has 8 nitrogen and oxygen atoms in total. The smallest absolute Gasteiger partial charge is 0.355 e. The van der Waals surface area contributed by atoms with Gasteiger partial charge in [-0.05, 0) is 30.6 Å². The number of aryl methyl sites for hydroxylation is 1. The summed E-state index contributed by atoms with van der Waals surface area (Å²) in [7, 11) is 1.50. The summed E-state index contributed by atoms with van der Waals surface area (Å²) in [5, 5.41) is 10.8. The van der Waals surface area contributed by atoms with Crippen LogP contribution in [0, 0.1) is 27.9 Å². The molecule has 0 spiro atoms. The summed E-state index contributed by atoms with van der Waals surface area (Å²) in [6.07, 6.45) is 4.00. The van der Waals surface area contributed by atoms with Crippen molar-refractivity contribution in [1.29, 1.82) is 0 Å². The number of nitrogens with zero attached hydrogens (tertiary/aromatic N) is 2. The molecular formula is C18H26N2O6. The molecule has 0 bridgehead atoms.